The van der Waals surface area contributed by atoms with Crippen LogP contribution in [-0.2, 0) is 6.42 Å². The van der Waals surface area contributed by atoms with Crippen LogP contribution in [0.25, 0.3) is 0 Å². The van der Waals surface area contributed by atoms with Crippen molar-refractivity contribution in [1.29, 1.82) is 0 Å². The molecule has 1 atom stereocenters. The van der Waals surface area contributed by atoms with E-state index < -0.39 is 0 Å². The van der Waals surface area contributed by atoms with E-state index in [0.29, 0.717) is 6.04 Å². The minimum atomic E-state index is 0.715. The Hall–Kier alpha value is -0.450. The Kier molecular flexibility index (Phi) is 6.11. The standard InChI is InChI=1S/C14H25N3S/c1-2-9-17-10-3-4-13(6-11-17)15-7-5-14-16-8-12-18-14/h8,12-13,15H,2-7,9-11H2,1H3. The van der Waals surface area contributed by atoms with Crippen LogP contribution in [0.2, 0.25) is 0 Å². The third kappa shape index (κ3) is 4.67. The molecule has 0 aliphatic carbocycles. The predicted molar refractivity (Wildman–Crippen MR) is 78.2 cm³/mol. The molecule has 2 rings (SSSR count). The zero-order chi connectivity index (χ0) is 12.6. The Labute approximate surface area is 115 Å². The van der Waals surface area contributed by atoms with Gasteiger partial charge in [0.15, 0.2) is 0 Å². The molecule has 1 aliphatic heterocycles. The third-order valence-electron chi connectivity index (χ3n) is 3.62. The third-order valence-corrected chi connectivity index (χ3v) is 4.46. The van der Waals surface area contributed by atoms with Gasteiger partial charge in [0.1, 0.15) is 0 Å². The minimum Gasteiger partial charge on any atom is -0.314 e. The smallest absolute Gasteiger partial charge is 0.0937 e. The van der Waals surface area contributed by atoms with Gasteiger partial charge in [-0.3, -0.25) is 0 Å². The van der Waals surface area contributed by atoms with Gasteiger partial charge < -0.3 is 10.2 Å². The number of aromatic nitrogens is 1. The highest BCUT2D eigenvalue weighted by Crippen LogP contribution is 2.11. The topological polar surface area (TPSA) is 28.2 Å². The fourth-order valence-electron chi connectivity index (χ4n) is 2.66. The maximum Gasteiger partial charge on any atom is 0.0937 e. The van der Waals surface area contributed by atoms with Crippen molar-refractivity contribution in [2.45, 2.75) is 45.1 Å². The molecule has 1 N–H and O–H groups in total. The van der Waals surface area contributed by atoms with Crippen molar-refractivity contribution in [3.05, 3.63) is 16.6 Å². The lowest BCUT2D eigenvalue weighted by atomic mass is 10.1. The number of thiazole rings is 1. The van der Waals surface area contributed by atoms with Gasteiger partial charge in [-0.25, -0.2) is 4.98 Å². The summed E-state index contributed by atoms with van der Waals surface area (Å²) in [4.78, 5) is 6.94. The van der Waals surface area contributed by atoms with E-state index >= 15 is 0 Å². The molecule has 0 radical (unpaired) electrons. The summed E-state index contributed by atoms with van der Waals surface area (Å²) in [5, 5.41) is 7.02. The molecule has 1 aromatic heterocycles. The van der Waals surface area contributed by atoms with E-state index in [0.717, 1.165) is 13.0 Å². The number of hydrogen-bond donors (Lipinski definition) is 1. The Balaban J connectivity index is 1.64. The molecule has 4 heteroatoms. The minimum absolute atomic E-state index is 0.715. The van der Waals surface area contributed by atoms with Crippen LogP contribution >= 0.6 is 11.3 Å². The maximum atomic E-state index is 4.32. The van der Waals surface area contributed by atoms with E-state index in [1.54, 1.807) is 11.3 Å². The van der Waals surface area contributed by atoms with Gasteiger partial charge >= 0.3 is 0 Å². The van der Waals surface area contributed by atoms with Gasteiger partial charge in [0, 0.05) is 30.6 Å². The molecule has 18 heavy (non-hydrogen) atoms. The zero-order valence-corrected chi connectivity index (χ0v) is 12.2. The first kappa shape index (κ1) is 14.0. The number of nitrogens with zero attached hydrogens (tertiary/aromatic N) is 2. The molecule has 0 saturated carbocycles. The summed E-state index contributed by atoms with van der Waals surface area (Å²) in [5.41, 5.74) is 0. The molecule has 2 heterocycles. The summed E-state index contributed by atoms with van der Waals surface area (Å²) in [5.74, 6) is 0. The fraction of sp³-hybridized carbons (Fsp3) is 0.786. The van der Waals surface area contributed by atoms with Crippen molar-refractivity contribution < 1.29 is 0 Å². The van der Waals surface area contributed by atoms with Crippen molar-refractivity contribution in [1.82, 2.24) is 15.2 Å². The van der Waals surface area contributed by atoms with Crippen molar-refractivity contribution in [2.24, 2.45) is 0 Å². The maximum absolute atomic E-state index is 4.32. The first-order valence-electron chi connectivity index (χ1n) is 7.22. The highest BCUT2D eigenvalue weighted by Gasteiger charge is 2.15. The second kappa shape index (κ2) is 7.87. The van der Waals surface area contributed by atoms with Crippen LogP contribution in [0.15, 0.2) is 11.6 Å². The number of rotatable bonds is 6. The van der Waals surface area contributed by atoms with E-state index in [-0.39, 0.29) is 0 Å². The van der Waals surface area contributed by atoms with E-state index in [1.165, 1.54) is 50.3 Å². The molecule has 1 aliphatic rings. The number of hydrogen-bond acceptors (Lipinski definition) is 4. The molecule has 0 bridgehead atoms. The van der Waals surface area contributed by atoms with Crippen LogP contribution in [0.3, 0.4) is 0 Å². The molecule has 1 saturated heterocycles. The second-order valence-electron chi connectivity index (χ2n) is 5.10. The number of nitrogens with one attached hydrogen (secondary N) is 1. The summed E-state index contributed by atoms with van der Waals surface area (Å²) in [6, 6.07) is 0.715. The molecule has 3 nitrogen and oxygen atoms in total. The molecular weight excluding hydrogens is 242 g/mol. The van der Waals surface area contributed by atoms with Crippen molar-refractivity contribution in [3.8, 4) is 0 Å². The molecular formula is C14H25N3S. The quantitative estimate of drug-likeness (QED) is 0.858. The van der Waals surface area contributed by atoms with Crippen LogP contribution in [0.4, 0.5) is 0 Å². The second-order valence-corrected chi connectivity index (χ2v) is 6.08. The van der Waals surface area contributed by atoms with Crippen LogP contribution in [0.5, 0.6) is 0 Å². The fourth-order valence-corrected chi connectivity index (χ4v) is 3.28. The van der Waals surface area contributed by atoms with Gasteiger partial charge in [-0.15, -0.1) is 11.3 Å². The van der Waals surface area contributed by atoms with Gasteiger partial charge in [0.05, 0.1) is 5.01 Å². The van der Waals surface area contributed by atoms with E-state index in [4.69, 9.17) is 0 Å². The highest BCUT2D eigenvalue weighted by atomic mass is 32.1. The summed E-state index contributed by atoms with van der Waals surface area (Å²) in [6.07, 6.45) is 8.23. The molecule has 102 valence electrons. The lowest BCUT2D eigenvalue weighted by Gasteiger charge is -2.19. The van der Waals surface area contributed by atoms with Crippen LogP contribution in [0.1, 0.15) is 37.6 Å². The summed E-state index contributed by atoms with van der Waals surface area (Å²) < 4.78 is 0. The number of likely N-dealkylation sites (tertiary alicyclic amines) is 1. The molecule has 0 amide bonds. The van der Waals surface area contributed by atoms with Crippen LogP contribution in [0, 0.1) is 0 Å². The first-order chi connectivity index (χ1) is 8.88. The lowest BCUT2D eigenvalue weighted by molar-refractivity contribution is 0.283. The Morgan fingerprint density at radius 1 is 1.44 bits per heavy atom. The van der Waals surface area contributed by atoms with Gasteiger partial charge in [-0.2, -0.15) is 0 Å². The molecule has 1 aromatic rings. The first-order valence-corrected chi connectivity index (χ1v) is 8.10. The predicted octanol–water partition coefficient (Wildman–Crippen LogP) is 2.54. The summed E-state index contributed by atoms with van der Waals surface area (Å²) >= 11 is 1.76. The molecule has 0 aromatic carbocycles. The monoisotopic (exact) mass is 267 g/mol. The summed E-state index contributed by atoms with van der Waals surface area (Å²) in [7, 11) is 0. The molecule has 1 fully saturated rings. The SMILES string of the molecule is CCCN1CCCC(NCCc2nccs2)CC1. The van der Waals surface area contributed by atoms with Gasteiger partial charge in [0.2, 0.25) is 0 Å². The van der Waals surface area contributed by atoms with Gasteiger partial charge in [-0.1, -0.05) is 6.92 Å². The lowest BCUT2D eigenvalue weighted by Crippen LogP contribution is -2.32. The molecule has 1 unspecified atom stereocenters. The Morgan fingerprint density at radius 2 is 2.39 bits per heavy atom. The van der Waals surface area contributed by atoms with Crippen LogP contribution < -0.4 is 5.32 Å². The van der Waals surface area contributed by atoms with Gasteiger partial charge in [0.25, 0.3) is 0 Å². The Morgan fingerprint density at radius 3 is 3.17 bits per heavy atom. The highest BCUT2D eigenvalue weighted by molar-refractivity contribution is 7.09. The average Bonchev–Trinajstić information content (AvgIpc) is 2.78. The normalized spacial score (nSPS) is 21.9. The van der Waals surface area contributed by atoms with E-state index in [9.17, 15) is 0 Å². The molecule has 0 spiro atoms. The summed E-state index contributed by atoms with van der Waals surface area (Å²) in [6.45, 7) is 7.17. The van der Waals surface area contributed by atoms with Gasteiger partial charge in [-0.05, 0) is 45.3 Å². The Bertz CT molecular complexity index is 313. The van der Waals surface area contributed by atoms with E-state index in [1.807, 2.05) is 6.20 Å². The zero-order valence-electron chi connectivity index (χ0n) is 11.4. The van der Waals surface area contributed by atoms with Crippen LogP contribution in [-0.4, -0.2) is 42.1 Å². The average molecular weight is 267 g/mol. The van der Waals surface area contributed by atoms with Crippen molar-refractivity contribution >= 4 is 11.3 Å². The largest absolute Gasteiger partial charge is 0.314 e. The van der Waals surface area contributed by atoms with E-state index in [2.05, 4.69) is 27.5 Å². The van der Waals surface area contributed by atoms with Crippen molar-refractivity contribution in [3.63, 3.8) is 0 Å². The van der Waals surface area contributed by atoms with Crippen molar-refractivity contribution in [2.75, 3.05) is 26.2 Å².